The van der Waals surface area contributed by atoms with Crippen molar-refractivity contribution in [2.24, 2.45) is 7.05 Å². The van der Waals surface area contributed by atoms with Gasteiger partial charge in [-0.3, -0.25) is 14.3 Å². The monoisotopic (exact) mass is 283 g/mol. The van der Waals surface area contributed by atoms with Crippen LogP contribution in [0.1, 0.15) is 39.8 Å². The summed E-state index contributed by atoms with van der Waals surface area (Å²) in [6, 6.07) is 7.28. The Kier molecular flexibility index (Phi) is 3.33. The molecular weight excluding hydrogens is 266 g/mol. The zero-order valence-corrected chi connectivity index (χ0v) is 12.2. The largest absolute Gasteiger partial charge is 0.307 e. The number of Topliss-reactive ketones (excluding diaryl/α,β-unsaturated/α-hetero) is 1. The first-order chi connectivity index (χ1) is 10.1. The van der Waals surface area contributed by atoms with E-state index in [1.54, 1.807) is 21.8 Å². The first kappa shape index (κ1) is 13.5. The number of fused-ring (bicyclic) bond motifs is 1. The first-order valence-corrected chi connectivity index (χ1v) is 7.08. The number of aryl methyl sites for hydroxylation is 2. The van der Waals surface area contributed by atoms with Crippen LogP contribution < -0.4 is 4.90 Å². The molecule has 3 rings (SSSR count). The van der Waals surface area contributed by atoms with Crippen LogP contribution in [0.15, 0.2) is 30.5 Å². The van der Waals surface area contributed by atoms with Gasteiger partial charge in [0.2, 0.25) is 0 Å². The summed E-state index contributed by atoms with van der Waals surface area (Å²) in [6.45, 7) is 2.40. The van der Waals surface area contributed by atoms with Crippen LogP contribution in [-0.4, -0.2) is 28.0 Å². The molecule has 1 aliphatic rings. The summed E-state index contributed by atoms with van der Waals surface area (Å²) in [6.07, 6.45) is 2.82. The maximum atomic E-state index is 12.8. The molecule has 0 atom stereocenters. The molecule has 2 aromatic rings. The molecule has 0 saturated heterocycles. The smallest absolute Gasteiger partial charge is 0.261 e. The Balaban J connectivity index is 2.03. The molecule has 0 saturated carbocycles. The number of amides is 1. The Hall–Kier alpha value is -2.43. The van der Waals surface area contributed by atoms with Crippen molar-refractivity contribution < 1.29 is 9.59 Å². The molecule has 5 nitrogen and oxygen atoms in total. The number of nitrogens with zero attached hydrogens (tertiary/aromatic N) is 3. The van der Waals surface area contributed by atoms with E-state index < -0.39 is 0 Å². The normalized spacial score (nSPS) is 14.2. The predicted octanol–water partition coefficient (Wildman–Crippen LogP) is 2.22. The van der Waals surface area contributed by atoms with Gasteiger partial charge in [0.15, 0.2) is 5.78 Å². The Bertz CT molecular complexity index is 718. The summed E-state index contributed by atoms with van der Waals surface area (Å²) < 4.78 is 1.66. The van der Waals surface area contributed by atoms with E-state index in [4.69, 9.17) is 0 Å². The van der Waals surface area contributed by atoms with E-state index in [2.05, 4.69) is 5.10 Å². The third-order valence-corrected chi connectivity index (χ3v) is 3.77. The minimum atomic E-state index is -0.0834. The van der Waals surface area contributed by atoms with Gasteiger partial charge < -0.3 is 4.90 Å². The Labute approximate surface area is 123 Å². The third-order valence-electron chi connectivity index (χ3n) is 3.77. The second-order valence-electron chi connectivity index (χ2n) is 5.16. The first-order valence-electron chi connectivity index (χ1n) is 7.08. The summed E-state index contributed by atoms with van der Waals surface area (Å²) in [7, 11) is 1.81. The van der Waals surface area contributed by atoms with Gasteiger partial charge in [-0.05, 0) is 18.6 Å². The molecule has 21 heavy (non-hydrogen) atoms. The zero-order valence-electron chi connectivity index (χ0n) is 12.2. The summed E-state index contributed by atoms with van der Waals surface area (Å²) in [5.41, 5.74) is 2.73. The lowest BCUT2D eigenvalue weighted by molar-refractivity contribution is 0.0954. The van der Waals surface area contributed by atoms with Crippen LogP contribution >= 0.6 is 0 Å². The second kappa shape index (κ2) is 5.16. The highest BCUT2D eigenvalue weighted by Gasteiger charge is 2.29. The lowest BCUT2D eigenvalue weighted by Crippen LogP contribution is -2.37. The molecule has 0 fully saturated rings. The van der Waals surface area contributed by atoms with E-state index in [-0.39, 0.29) is 11.7 Å². The fourth-order valence-corrected chi connectivity index (χ4v) is 2.74. The van der Waals surface area contributed by atoms with Gasteiger partial charge in [-0.1, -0.05) is 19.1 Å². The van der Waals surface area contributed by atoms with E-state index in [0.29, 0.717) is 36.2 Å². The van der Waals surface area contributed by atoms with Crippen molar-refractivity contribution in [2.45, 2.75) is 19.8 Å². The second-order valence-corrected chi connectivity index (χ2v) is 5.16. The standard InChI is InChI=1S/C16H17N3O2/c1-3-13-12(10-18(2)17-13)16(21)19-9-8-15(20)11-6-4-5-7-14(11)19/h4-7,10H,3,8-9H2,1-2H3. The number of hydrogen-bond donors (Lipinski definition) is 0. The number of rotatable bonds is 2. The topological polar surface area (TPSA) is 55.2 Å². The molecule has 0 spiro atoms. The number of anilines is 1. The van der Waals surface area contributed by atoms with Gasteiger partial charge in [0.1, 0.15) is 0 Å². The number of aromatic nitrogens is 2. The van der Waals surface area contributed by atoms with Gasteiger partial charge in [0.05, 0.1) is 16.9 Å². The summed E-state index contributed by atoms with van der Waals surface area (Å²) in [5, 5.41) is 4.32. The molecule has 1 aromatic heterocycles. The Morgan fingerprint density at radius 1 is 1.33 bits per heavy atom. The Morgan fingerprint density at radius 3 is 2.86 bits per heavy atom. The quantitative estimate of drug-likeness (QED) is 0.849. The van der Waals surface area contributed by atoms with E-state index in [0.717, 1.165) is 5.69 Å². The molecule has 0 bridgehead atoms. The molecular formula is C16H17N3O2. The average Bonchev–Trinajstić information content (AvgIpc) is 2.88. The van der Waals surface area contributed by atoms with E-state index in [9.17, 15) is 9.59 Å². The van der Waals surface area contributed by atoms with Crippen molar-refractivity contribution in [3.8, 4) is 0 Å². The van der Waals surface area contributed by atoms with Crippen LogP contribution in [0.4, 0.5) is 5.69 Å². The van der Waals surface area contributed by atoms with E-state index in [1.807, 2.05) is 32.2 Å². The zero-order chi connectivity index (χ0) is 15.0. The lowest BCUT2D eigenvalue weighted by Gasteiger charge is -2.28. The molecule has 0 N–H and O–H groups in total. The average molecular weight is 283 g/mol. The van der Waals surface area contributed by atoms with Gasteiger partial charge in [-0.15, -0.1) is 0 Å². The fourth-order valence-electron chi connectivity index (χ4n) is 2.74. The van der Waals surface area contributed by atoms with Gasteiger partial charge in [0.25, 0.3) is 5.91 Å². The van der Waals surface area contributed by atoms with Gasteiger partial charge in [-0.2, -0.15) is 5.10 Å². The lowest BCUT2D eigenvalue weighted by atomic mass is 9.99. The molecule has 5 heteroatoms. The number of carbonyl (C=O) groups is 2. The highest BCUT2D eigenvalue weighted by molar-refractivity contribution is 6.13. The highest BCUT2D eigenvalue weighted by atomic mass is 16.2. The number of para-hydroxylation sites is 1. The summed E-state index contributed by atoms with van der Waals surface area (Å²) >= 11 is 0. The van der Waals surface area contributed by atoms with Crippen LogP contribution in [0.3, 0.4) is 0 Å². The molecule has 1 aliphatic heterocycles. The third kappa shape index (κ3) is 2.24. The van der Waals surface area contributed by atoms with Crippen LogP contribution in [0.5, 0.6) is 0 Å². The number of ketones is 1. The van der Waals surface area contributed by atoms with E-state index >= 15 is 0 Å². The maximum Gasteiger partial charge on any atom is 0.261 e. The summed E-state index contributed by atoms with van der Waals surface area (Å²) in [4.78, 5) is 26.5. The van der Waals surface area contributed by atoms with Crippen molar-refractivity contribution >= 4 is 17.4 Å². The molecule has 1 amide bonds. The van der Waals surface area contributed by atoms with Gasteiger partial charge >= 0.3 is 0 Å². The van der Waals surface area contributed by atoms with Crippen molar-refractivity contribution in [1.29, 1.82) is 0 Å². The predicted molar refractivity (Wildman–Crippen MR) is 79.7 cm³/mol. The maximum absolute atomic E-state index is 12.8. The molecule has 0 radical (unpaired) electrons. The van der Waals surface area contributed by atoms with Gasteiger partial charge in [0, 0.05) is 31.8 Å². The van der Waals surface area contributed by atoms with E-state index in [1.165, 1.54) is 0 Å². The minimum Gasteiger partial charge on any atom is -0.307 e. The number of benzene rings is 1. The van der Waals surface area contributed by atoms with Crippen molar-refractivity contribution in [1.82, 2.24) is 9.78 Å². The Morgan fingerprint density at radius 2 is 2.10 bits per heavy atom. The fraction of sp³-hybridized carbons (Fsp3) is 0.312. The minimum absolute atomic E-state index is 0.0834. The molecule has 1 aromatic carbocycles. The van der Waals surface area contributed by atoms with Crippen LogP contribution in [0.25, 0.3) is 0 Å². The summed E-state index contributed by atoms with van der Waals surface area (Å²) in [5.74, 6) is 0.0106. The number of carbonyl (C=O) groups excluding carboxylic acids is 2. The van der Waals surface area contributed by atoms with Crippen LogP contribution in [-0.2, 0) is 13.5 Å². The van der Waals surface area contributed by atoms with Crippen molar-refractivity contribution in [3.63, 3.8) is 0 Å². The number of hydrogen-bond acceptors (Lipinski definition) is 3. The van der Waals surface area contributed by atoms with Crippen molar-refractivity contribution in [3.05, 3.63) is 47.3 Å². The SMILES string of the molecule is CCc1nn(C)cc1C(=O)N1CCC(=O)c2ccccc21. The van der Waals surface area contributed by atoms with Crippen molar-refractivity contribution in [2.75, 3.05) is 11.4 Å². The van der Waals surface area contributed by atoms with Crippen LogP contribution in [0.2, 0.25) is 0 Å². The highest BCUT2D eigenvalue weighted by Crippen LogP contribution is 2.28. The molecule has 108 valence electrons. The molecule has 0 aliphatic carbocycles. The van der Waals surface area contributed by atoms with Gasteiger partial charge in [-0.25, -0.2) is 0 Å². The molecule has 2 heterocycles. The van der Waals surface area contributed by atoms with Crippen LogP contribution in [0, 0.1) is 0 Å². The molecule has 0 unspecified atom stereocenters.